The van der Waals surface area contributed by atoms with Crippen LogP contribution in [0.5, 0.6) is 0 Å². The number of primary amides is 1. The fourth-order valence-electron chi connectivity index (χ4n) is 2.22. The van der Waals surface area contributed by atoms with Crippen molar-refractivity contribution in [2.45, 2.75) is 19.0 Å². The SMILES string of the molecule is NC(=O)c1ccccc1Cc1cccc(CC(F)(F)F)c1. The van der Waals surface area contributed by atoms with E-state index in [9.17, 15) is 18.0 Å². The molecular formula is C16H14F3NO. The van der Waals surface area contributed by atoms with E-state index in [1.165, 1.54) is 12.1 Å². The van der Waals surface area contributed by atoms with Crippen molar-refractivity contribution in [3.8, 4) is 0 Å². The monoisotopic (exact) mass is 293 g/mol. The number of carbonyl (C=O) groups is 1. The van der Waals surface area contributed by atoms with Gasteiger partial charge in [0, 0.05) is 5.56 Å². The van der Waals surface area contributed by atoms with Gasteiger partial charge in [-0.3, -0.25) is 4.79 Å². The van der Waals surface area contributed by atoms with Crippen molar-refractivity contribution in [3.05, 3.63) is 70.8 Å². The summed E-state index contributed by atoms with van der Waals surface area (Å²) in [5, 5.41) is 0. The van der Waals surface area contributed by atoms with Crippen LogP contribution in [0.15, 0.2) is 48.5 Å². The van der Waals surface area contributed by atoms with Gasteiger partial charge in [0.1, 0.15) is 0 Å². The Morgan fingerprint density at radius 1 is 1.00 bits per heavy atom. The Bertz CT molecular complexity index is 650. The van der Waals surface area contributed by atoms with Gasteiger partial charge in [-0.25, -0.2) is 0 Å². The van der Waals surface area contributed by atoms with Crippen LogP contribution in [-0.4, -0.2) is 12.1 Å². The summed E-state index contributed by atoms with van der Waals surface area (Å²) in [4.78, 5) is 11.3. The first-order valence-electron chi connectivity index (χ1n) is 6.37. The molecule has 2 aromatic rings. The molecule has 21 heavy (non-hydrogen) atoms. The van der Waals surface area contributed by atoms with Gasteiger partial charge in [0.2, 0.25) is 5.91 Å². The standard InChI is InChI=1S/C16H14F3NO/c17-16(18,19)10-12-5-3-4-11(8-12)9-13-6-1-2-7-14(13)15(20)21/h1-8H,9-10H2,(H2,20,21). The van der Waals surface area contributed by atoms with E-state index in [4.69, 9.17) is 5.73 Å². The zero-order chi connectivity index (χ0) is 15.5. The molecule has 0 aliphatic carbocycles. The second-order valence-electron chi connectivity index (χ2n) is 4.81. The van der Waals surface area contributed by atoms with Crippen LogP contribution in [0.4, 0.5) is 13.2 Å². The van der Waals surface area contributed by atoms with Gasteiger partial charge in [0.15, 0.2) is 0 Å². The molecule has 2 rings (SSSR count). The summed E-state index contributed by atoms with van der Waals surface area (Å²) < 4.78 is 37.2. The molecule has 0 aromatic heterocycles. The molecule has 0 radical (unpaired) electrons. The van der Waals surface area contributed by atoms with Crippen molar-refractivity contribution in [2.75, 3.05) is 0 Å². The first-order chi connectivity index (χ1) is 9.85. The van der Waals surface area contributed by atoms with Crippen molar-refractivity contribution in [3.63, 3.8) is 0 Å². The summed E-state index contributed by atoms with van der Waals surface area (Å²) in [6, 6.07) is 13.1. The van der Waals surface area contributed by atoms with Gasteiger partial charge in [-0.15, -0.1) is 0 Å². The van der Waals surface area contributed by atoms with Gasteiger partial charge in [-0.05, 0) is 29.2 Å². The summed E-state index contributed by atoms with van der Waals surface area (Å²) >= 11 is 0. The maximum atomic E-state index is 12.4. The molecule has 0 saturated heterocycles. The van der Waals surface area contributed by atoms with Crippen LogP contribution >= 0.6 is 0 Å². The Balaban J connectivity index is 2.25. The highest BCUT2D eigenvalue weighted by atomic mass is 19.4. The number of hydrogen-bond donors (Lipinski definition) is 1. The van der Waals surface area contributed by atoms with Crippen LogP contribution < -0.4 is 5.73 Å². The summed E-state index contributed by atoms with van der Waals surface area (Å²) in [5.74, 6) is -0.544. The number of benzene rings is 2. The fourth-order valence-corrected chi connectivity index (χ4v) is 2.22. The molecule has 1 amide bonds. The molecule has 0 atom stereocenters. The molecule has 110 valence electrons. The van der Waals surface area contributed by atoms with Gasteiger partial charge in [-0.1, -0.05) is 42.5 Å². The van der Waals surface area contributed by atoms with E-state index in [1.54, 1.807) is 36.4 Å². The predicted octanol–water partition coefficient (Wildman–Crippen LogP) is 3.48. The van der Waals surface area contributed by atoms with Gasteiger partial charge in [0.05, 0.1) is 6.42 Å². The molecule has 0 bridgehead atoms. The molecule has 2 aromatic carbocycles. The zero-order valence-corrected chi connectivity index (χ0v) is 11.2. The normalized spacial score (nSPS) is 11.4. The second-order valence-corrected chi connectivity index (χ2v) is 4.81. The van der Waals surface area contributed by atoms with Crippen molar-refractivity contribution < 1.29 is 18.0 Å². The van der Waals surface area contributed by atoms with Gasteiger partial charge in [-0.2, -0.15) is 13.2 Å². The van der Waals surface area contributed by atoms with Gasteiger partial charge < -0.3 is 5.73 Å². The number of rotatable bonds is 4. The van der Waals surface area contributed by atoms with Crippen molar-refractivity contribution in [1.82, 2.24) is 0 Å². The number of hydrogen-bond acceptors (Lipinski definition) is 1. The number of carbonyl (C=O) groups excluding carboxylic acids is 1. The average molecular weight is 293 g/mol. The Morgan fingerprint density at radius 2 is 1.67 bits per heavy atom. The molecule has 0 unspecified atom stereocenters. The predicted molar refractivity (Wildman–Crippen MR) is 74.0 cm³/mol. The molecular weight excluding hydrogens is 279 g/mol. The molecule has 0 aliphatic heterocycles. The minimum absolute atomic E-state index is 0.205. The third kappa shape index (κ3) is 4.34. The van der Waals surface area contributed by atoms with E-state index in [-0.39, 0.29) is 5.56 Å². The van der Waals surface area contributed by atoms with E-state index in [1.807, 2.05) is 0 Å². The fraction of sp³-hybridized carbons (Fsp3) is 0.188. The number of halogens is 3. The molecule has 5 heteroatoms. The smallest absolute Gasteiger partial charge is 0.366 e. The van der Waals surface area contributed by atoms with Crippen LogP contribution in [0.25, 0.3) is 0 Å². The van der Waals surface area contributed by atoms with Crippen molar-refractivity contribution >= 4 is 5.91 Å². The van der Waals surface area contributed by atoms with E-state index in [0.717, 1.165) is 0 Å². The summed E-state index contributed by atoms with van der Waals surface area (Å²) in [7, 11) is 0. The molecule has 2 N–H and O–H groups in total. The number of alkyl halides is 3. The lowest BCUT2D eigenvalue weighted by atomic mass is 9.97. The van der Waals surface area contributed by atoms with E-state index < -0.39 is 18.5 Å². The third-order valence-electron chi connectivity index (χ3n) is 3.07. The lowest BCUT2D eigenvalue weighted by Crippen LogP contribution is -2.14. The Labute approximate surface area is 120 Å². The third-order valence-corrected chi connectivity index (χ3v) is 3.07. The van der Waals surface area contributed by atoms with E-state index in [0.29, 0.717) is 23.1 Å². The lowest BCUT2D eigenvalue weighted by molar-refractivity contribution is -0.127. The molecule has 0 aliphatic rings. The molecule has 0 saturated carbocycles. The highest BCUT2D eigenvalue weighted by Crippen LogP contribution is 2.22. The molecule has 0 spiro atoms. The summed E-state index contributed by atoms with van der Waals surface area (Å²) in [6.45, 7) is 0. The maximum Gasteiger partial charge on any atom is 0.393 e. The minimum Gasteiger partial charge on any atom is -0.366 e. The van der Waals surface area contributed by atoms with E-state index >= 15 is 0 Å². The second kappa shape index (κ2) is 5.99. The van der Waals surface area contributed by atoms with Crippen LogP contribution in [0.3, 0.4) is 0 Å². The quantitative estimate of drug-likeness (QED) is 0.921. The number of nitrogens with two attached hydrogens (primary N) is 1. The van der Waals surface area contributed by atoms with Crippen LogP contribution in [0, 0.1) is 0 Å². The lowest BCUT2D eigenvalue weighted by Gasteiger charge is -2.10. The largest absolute Gasteiger partial charge is 0.393 e. The van der Waals surface area contributed by atoms with Crippen LogP contribution in [0.1, 0.15) is 27.0 Å². The number of amides is 1. The van der Waals surface area contributed by atoms with Gasteiger partial charge >= 0.3 is 6.18 Å². The molecule has 0 fully saturated rings. The van der Waals surface area contributed by atoms with Crippen LogP contribution in [0.2, 0.25) is 0 Å². The average Bonchev–Trinajstić information content (AvgIpc) is 2.37. The highest BCUT2D eigenvalue weighted by molar-refractivity contribution is 5.94. The Morgan fingerprint density at radius 3 is 2.33 bits per heavy atom. The van der Waals surface area contributed by atoms with Gasteiger partial charge in [0.25, 0.3) is 0 Å². The van der Waals surface area contributed by atoms with E-state index in [2.05, 4.69) is 0 Å². The maximum absolute atomic E-state index is 12.4. The van der Waals surface area contributed by atoms with Crippen molar-refractivity contribution in [1.29, 1.82) is 0 Å². The first kappa shape index (κ1) is 15.1. The zero-order valence-electron chi connectivity index (χ0n) is 11.2. The van der Waals surface area contributed by atoms with Crippen molar-refractivity contribution in [2.24, 2.45) is 5.73 Å². The molecule has 0 heterocycles. The summed E-state index contributed by atoms with van der Waals surface area (Å²) in [6.07, 6.45) is -4.83. The molecule has 2 nitrogen and oxygen atoms in total. The topological polar surface area (TPSA) is 43.1 Å². The highest BCUT2D eigenvalue weighted by Gasteiger charge is 2.27. The minimum atomic E-state index is -4.23. The summed E-state index contributed by atoms with van der Waals surface area (Å²) in [5.41, 5.74) is 7.30. The Kier molecular flexibility index (Phi) is 4.31. The first-order valence-corrected chi connectivity index (χ1v) is 6.37. The van der Waals surface area contributed by atoms with Crippen LogP contribution in [-0.2, 0) is 12.8 Å². The Hall–Kier alpha value is -2.30.